The number of sulfonamides is 1. The monoisotopic (exact) mass is 279 g/mol. The van der Waals surface area contributed by atoms with Crippen LogP contribution in [0.3, 0.4) is 0 Å². The molecular formula is C10H21N3O4S. The summed E-state index contributed by atoms with van der Waals surface area (Å²) in [6, 6.07) is 0. The van der Waals surface area contributed by atoms with Crippen molar-refractivity contribution in [3.63, 3.8) is 0 Å². The van der Waals surface area contributed by atoms with E-state index in [1.54, 1.807) is 0 Å². The van der Waals surface area contributed by atoms with E-state index >= 15 is 0 Å². The van der Waals surface area contributed by atoms with Gasteiger partial charge in [0, 0.05) is 26.6 Å². The van der Waals surface area contributed by atoms with Crippen LogP contribution in [-0.4, -0.2) is 56.3 Å². The van der Waals surface area contributed by atoms with Crippen LogP contribution < -0.4 is 5.73 Å². The fourth-order valence-corrected chi connectivity index (χ4v) is 3.42. The van der Waals surface area contributed by atoms with Gasteiger partial charge in [-0.25, -0.2) is 8.42 Å². The molecule has 7 nitrogen and oxygen atoms in total. The maximum absolute atomic E-state index is 12.1. The second-order valence-corrected chi connectivity index (χ2v) is 6.47. The number of amidine groups is 1. The van der Waals surface area contributed by atoms with E-state index in [0.717, 1.165) is 12.8 Å². The van der Waals surface area contributed by atoms with E-state index in [4.69, 9.17) is 15.7 Å². The number of ether oxygens (including phenoxy) is 1. The molecule has 0 heterocycles. The first-order valence-electron chi connectivity index (χ1n) is 5.92. The lowest BCUT2D eigenvalue weighted by Gasteiger charge is -2.21. The van der Waals surface area contributed by atoms with Crippen molar-refractivity contribution >= 4 is 15.9 Å². The van der Waals surface area contributed by atoms with Crippen molar-refractivity contribution in [1.82, 2.24) is 4.31 Å². The normalized spacial score (nSPS) is 17.3. The van der Waals surface area contributed by atoms with Crippen LogP contribution in [0.1, 0.15) is 19.3 Å². The molecule has 0 spiro atoms. The standard InChI is InChI=1S/C10H21N3O4S/c1-17-7-6-13(5-4-10(11)12-14)18(15,16)8-9-2-3-9/h9,14H,2-8H2,1H3,(H2,11,12). The van der Waals surface area contributed by atoms with Crippen molar-refractivity contribution in [3.05, 3.63) is 0 Å². The first-order chi connectivity index (χ1) is 8.49. The zero-order valence-electron chi connectivity index (χ0n) is 10.6. The van der Waals surface area contributed by atoms with E-state index in [1.807, 2.05) is 0 Å². The summed E-state index contributed by atoms with van der Waals surface area (Å²) in [5, 5.41) is 11.3. The maximum atomic E-state index is 12.1. The van der Waals surface area contributed by atoms with Gasteiger partial charge in [0.1, 0.15) is 5.84 Å². The Morgan fingerprint density at radius 1 is 1.50 bits per heavy atom. The summed E-state index contributed by atoms with van der Waals surface area (Å²) in [5.41, 5.74) is 5.35. The summed E-state index contributed by atoms with van der Waals surface area (Å²) in [6.07, 6.45) is 2.18. The number of methoxy groups -OCH3 is 1. The van der Waals surface area contributed by atoms with Gasteiger partial charge in [-0.15, -0.1) is 0 Å². The molecule has 0 unspecified atom stereocenters. The molecule has 1 saturated carbocycles. The number of oxime groups is 1. The van der Waals surface area contributed by atoms with Gasteiger partial charge in [-0.1, -0.05) is 5.16 Å². The quantitative estimate of drug-likeness (QED) is 0.263. The van der Waals surface area contributed by atoms with Crippen LogP contribution in [0.5, 0.6) is 0 Å². The summed E-state index contributed by atoms with van der Waals surface area (Å²) in [7, 11) is -1.75. The summed E-state index contributed by atoms with van der Waals surface area (Å²) >= 11 is 0. The predicted molar refractivity (Wildman–Crippen MR) is 68.0 cm³/mol. The van der Waals surface area contributed by atoms with Crippen LogP contribution in [0.4, 0.5) is 0 Å². The maximum Gasteiger partial charge on any atom is 0.214 e. The Morgan fingerprint density at radius 2 is 2.17 bits per heavy atom. The molecule has 0 amide bonds. The number of rotatable bonds is 9. The molecule has 8 heteroatoms. The number of nitrogens with zero attached hydrogens (tertiary/aromatic N) is 2. The second-order valence-electron chi connectivity index (χ2n) is 4.46. The van der Waals surface area contributed by atoms with Crippen molar-refractivity contribution in [1.29, 1.82) is 0 Å². The molecular weight excluding hydrogens is 258 g/mol. The van der Waals surface area contributed by atoms with Gasteiger partial charge in [-0.2, -0.15) is 4.31 Å². The third-order valence-corrected chi connectivity index (χ3v) is 4.87. The van der Waals surface area contributed by atoms with Crippen LogP contribution >= 0.6 is 0 Å². The number of hydrogen-bond acceptors (Lipinski definition) is 5. The lowest BCUT2D eigenvalue weighted by atomic mass is 10.4. The highest BCUT2D eigenvalue weighted by Crippen LogP contribution is 2.31. The van der Waals surface area contributed by atoms with Gasteiger partial charge < -0.3 is 15.7 Å². The summed E-state index contributed by atoms with van der Waals surface area (Å²) in [5.74, 6) is 0.510. The van der Waals surface area contributed by atoms with E-state index in [1.165, 1.54) is 11.4 Å². The second kappa shape index (κ2) is 6.91. The zero-order chi connectivity index (χ0) is 13.6. The van der Waals surface area contributed by atoms with Gasteiger partial charge in [0.05, 0.1) is 12.4 Å². The molecule has 0 aliphatic heterocycles. The Bertz CT molecular complexity index is 379. The topological polar surface area (TPSA) is 105 Å². The minimum absolute atomic E-state index is 0.0269. The molecule has 18 heavy (non-hydrogen) atoms. The van der Waals surface area contributed by atoms with Gasteiger partial charge in [-0.3, -0.25) is 0 Å². The molecule has 1 fully saturated rings. The minimum atomic E-state index is -3.27. The third kappa shape index (κ3) is 5.19. The Hall–Kier alpha value is -0.860. The molecule has 1 aliphatic carbocycles. The third-order valence-electron chi connectivity index (χ3n) is 2.83. The van der Waals surface area contributed by atoms with Crippen LogP contribution in [-0.2, 0) is 14.8 Å². The van der Waals surface area contributed by atoms with Gasteiger partial charge in [-0.05, 0) is 18.8 Å². The van der Waals surface area contributed by atoms with Crippen molar-refractivity contribution < 1.29 is 18.4 Å². The van der Waals surface area contributed by atoms with E-state index in [2.05, 4.69) is 5.16 Å². The Balaban J connectivity index is 2.57. The average Bonchev–Trinajstić information content (AvgIpc) is 3.11. The van der Waals surface area contributed by atoms with Crippen molar-refractivity contribution in [2.75, 3.05) is 32.6 Å². The van der Waals surface area contributed by atoms with Gasteiger partial charge in [0.15, 0.2) is 0 Å². The van der Waals surface area contributed by atoms with Gasteiger partial charge in [0.2, 0.25) is 10.0 Å². The van der Waals surface area contributed by atoms with E-state index in [-0.39, 0.29) is 24.6 Å². The highest BCUT2D eigenvalue weighted by molar-refractivity contribution is 7.89. The van der Waals surface area contributed by atoms with Crippen molar-refractivity contribution in [3.8, 4) is 0 Å². The first-order valence-corrected chi connectivity index (χ1v) is 7.53. The summed E-state index contributed by atoms with van der Waals surface area (Å²) in [6.45, 7) is 0.846. The lowest BCUT2D eigenvalue weighted by Crippen LogP contribution is -2.38. The van der Waals surface area contributed by atoms with Crippen molar-refractivity contribution in [2.24, 2.45) is 16.8 Å². The van der Waals surface area contributed by atoms with Gasteiger partial charge >= 0.3 is 0 Å². The highest BCUT2D eigenvalue weighted by Gasteiger charge is 2.31. The molecule has 0 aromatic rings. The smallest absolute Gasteiger partial charge is 0.214 e. The zero-order valence-corrected chi connectivity index (χ0v) is 11.4. The minimum Gasteiger partial charge on any atom is -0.409 e. The fourth-order valence-electron chi connectivity index (χ4n) is 1.56. The molecule has 3 N–H and O–H groups in total. The van der Waals surface area contributed by atoms with Crippen molar-refractivity contribution in [2.45, 2.75) is 19.3 Å². The first kappa shape index (κ1) is 15.2. The molecule has 0 aromatic heterocycles. The van der Waals surface area contributed by atoms with Crippen LogP contribution in [0.2, 0.25) is 0 Å². The largest absolute Gasteiger partial charge is 0.409 e. The Labute approximate surface area is 108 Å². The Kier molecular flexibility index (Phi) is 5.83. The van der Waals surface area contributed by atoms with Gasteiger partial charge in [0.25, 0.3) is 0 Å². The summed E-state index contributed by atoms with van der Waals surface area (Å²) in [4.78, 5) is 0. The molecule has 0 radical (unpaired) electrons. The van der Waals surface area contributed by atoms with Crippen LogP contribution in [0, 0.1) is 5.92 Å². The van der Waals surface area contributed by atoms with E-state index in [9.17, 15) is 8.42 Å². The fraction of sp³-hybridized carbons (Fsp3) is 0.900. The highest BCUT2D eigenvalue weighted by atomic mass is 32.2. The molecule has 1 rings (SSSR count). The Morgan fingerprint density at radius 3 is 2.67 bits per heavy atom. The molecule has 1 aliphatic rings. The predicted octanol–water partition coefficient (Wildman–Crippen LogP) is -0.189. The number of hydrogen-bond donors (Lipinski definition) is 2. The summed E-state index contributed by atoms with van der Waals surface area (Å²) < 4.78 is 30.5. The van der Waals surface area contributed by atoms with Crippen LogP contribution in [0.25, 0.3) is 0 Å². The molecule has 0 atom stereocenters. The van der Waals surface area contributed by atoms with Crippen LogP contribution in [0.15, 0.2) is 5.16 Å². The molecule has 0 aromatic carbocycles. The number of nitrogens with two attached hydrogens (primary N) is 1. The molecule has 106 valence electrons. The SMILES string of the molecule is COCCN(CCC(N)=NO)S(=O)(=O)CC1CC1. The lowest BCUT2D eigenvalue weighted by molar-refractivity contribution is 0.179. The van der Waals surface area contributed by atoms with E-state index in [0.29, 0.717) is 19.1 Å². The average molecular weight is 279 g/mol. The molecule has 0 bridgehead atoms. The van der Waals surface area contributed by atoms with E-state index < -0.39 is 10.0 Å². The molecule has 0 saturated heterocycles.